The van der Waals surface area contributed by atoms with Gasteiger partial charge in [0.1, 0.15) is 4.32 Å². The SMILES string of the molecule is COc1ccc(CCN2C(=O)C(=Cc3ccc(OC(=O)c4ccccc4C)c(OC)c3)SC2=S)cc1OC. The van der Waals surface area contributed by atoms with Gasteiger partial charge in [-0.3, -0.25) is 9.69 Å². The number of methoxy groups -OCH3 is 3. The van der Waals surface area contributed by atoms with Crippen molar-refractivity contribution < 1.29 is 28.5 Å². The predicted molar refractivity (Wildman–Crippen MR) is 152 cm³/mol. The number of hydrogen-bond donors (Lipinski definition) is 0. The Kier molecular flexibility index (Phi) is 8.70. The maximum Gasteiger partial charge on any atom is 0.343 e. The lowest BCUT2D eigenvalue weighted by Crippen LogP contribution is -2.30. The largest absolute Gasteiger partial charge is 0.493 e. The van der Waals surface area contributed by atoms with Gasteiger partial charge in [-0.25, -0.2) is 4.79 Å². The third-order valence-electron chi connectivity index (χ3n) is 6.00. The molecule has 4 rings (SSSR count). The molecule has 196 valence electrons. The summed E-state index contributed by atoms with van der Waals surface area (Å²) in [6.45, 7) is 2.29. The smallest absolute Gasteiger partial charge is 0.343 e. The summed E-state index contributed by atoms with van der Waals surface area (Å²) in [6.07, 6.45) is 2.36. The molecule has 0 radical (unpaired) electrons. The van der Waals surface area contributed by atoms with E-state index in [4.69, 9.17) is 31.2 Å². The van der Waals surface area contributed by atoms with Gasteiger partial charge in [0.05, 0.1) is 31.8 Å². The van der Waals surface area contributed by atoms with Crippen molar-refractivity contribution in [2.24, 2.45) is 0 Å². The van der Waals surface area contributed by atoms with Crippen LogP contribution in [0.1, 0.15) is 27.0 Å². The number of aryl methyl sites for hydroxylation is 1. The minimum atomic E-state index is -0.468. The summed E-state index contributed by atoms with van der Waals surface area (Å²) >= 11 is 6.74. The van der Waals surface area contributed by atoms with E-state index in [1.54, 1.807) is 55.5 Å². The summed E-state index contributed by atoms with van der Waals surface area (Å²) in [5, 5.41) is 0. The molecule has 3 aromatic rings. The van der Waals surface area contributed by atoms with Crippen molar-refractivity contribution in [1.82, 2.24) is 4.90 Å². The maximum atomic E-state index is 13.1. The first kappa shape index (κ1) is 27.2. The van der Waals surface area contributed by atoms with Crippen molar-refractivity contribution in [2.75, 3.05) is 27.9 Å². The molecule has 9 heteroatoms. The summed E-state index contributed by atoms with van der Waals surface area (Å²) in [7, 11) is 4.67. The zero-order valence-electron chi connectivity index (χ0n) is 21.5. The zero-order valence-corrected chi connectivity index (χ0v) is 23.1. The Labute approximate surface area is 231 Å². The minimum Gasteiger partial charge on any atom is -0.493 e. The van der Waals surface area contributed by atoms with E-state index in [-0.39, 0.29) is 5.91 Å². The average Bonchev–Trinajstić information content (AvgIpc) is 3.19. The van der Waals surface area contributed by atoms with Crippen LogP contribution in [0.3, 0.4) is 0 Å². The van der Waals surface area contributed by atoms with Crippen LogP contribution in [0, 0.1) is 6.92 Å². The van der Waals surface area contributed by atoms with Crippen LogP contribution in [0.15, 0.2) is 65.6 Å². The molecule has 1 aliphatic rings. The standard InChI is InChI=1S/C29H27NO6S2/c1-18-7-5-6-8-21(18)28(32)36-23-12-10-20(16-25(23)35-4)17-26-27(31)30(29(37)38-26)14-13-19-9-11-22(33-2)24(15-19)34-3/h5-12,15-17H,13-14H2,1-4H3. The van der Waals surface area contributed by atoms with E-state index in [2.05, 4.69) is 0 Å². The summed E-state index contributed by atoms with van der Waals surface area (Å²) in [5.74, 6) is 1.33. The van der Waals surface area contributed by atoms with Crippen molar-refractivity contribution in [3.8, 4) is 23.0 Å². The molecule has 1 amide bonds. The van der Waals surface area contributed by atoms with Crippen LogP contribution in [-0.2, 0) is 11.2 Å². The van der Waals surface area contributed by atoms with Crippen LogP contribution in [0.2, 0.25) is 0 Å². The highest BCUT2D eigenvalue weighted by molar-refractivity contribution is 8.26. The van der Waals surface area contributed by atoms with Crippen molar-refractivity contribution >= 4 is 46.3 Å². The monoisotopic (exact) mass is 549 g/mol. The highest BCUT2D eigenvalue weighted by atomic mass is 32.2. The lowest BCUT2D eigenvalue weighted by molar-refractivity contribution is -0.122. The lowest BCUT2D eigenvalue weighted by Gasteiger charge is -2.15. The number of thioether (sulfide) groups is 1. The maximum absolute atomic E-state index is 13.1. The average molecular weight is 550 g/mol. The number of carbonyl (C=O) groups excluding carboxylic acids is 2. The summed E-state index contributed by atoms with van der Waals surface area (Å²) in [4.78, 5) is 27.9. The molecule has 0 aromatic heterocycles. The molecular formula is C29H27NO6S2. The van der Waals surface area contributed by atoms with Gasteiger partial charge >= 0.3 is 5.97 Å². The second-order valence-corrected chi connectivity index (χ2v) is 10.1. The molecule has 0 unspecified atom stereocenters. The van der Waals surface area contributed by atoms with E-state index in [1.807, 2.05) is 37.3 Å². The summed E-state index contributed by atoms with van der Waals surface area (Å²) < 4.78 is 22.2. The lowest BCUT2D eigenvalue weighted by atomic mass is 10.1. The zero-order chi connectivity index (χ0) is 27.2. The van der Waals surface area contributed by atoms with Crippen LogP contribution in [0.5, 0.6) is 23.0 Å². The van der Waals surface area contributed by atoms with E-state index in [9.17, 15) is 9.59 Å². The fraction of sp³-hybridized carbons (Fsp3) is 0.207. The second-order valence-electron chi connectivity index (χ2n) is 8.39. The van der Waals surface area contributed by atoms with Gasteiger partial charge in [0, 0.05) is 6.54 Å². The molecule has 0 saturated carbocycles. The van der Waals surface area contributed by atoms with Gasteiger partial charge in [0.2, 0.25) is 0 Å². The van der Waals surface area contributed by atoms with Crippen LogP contribution in [0.4, 0.5) is 0 Å². The number of ether oxygens (including phenoxy) is 4. The van der Waals surface area contributed by atoms with E-state index in [0.29, 0.717) is 50.8 Å². The number of rotatable bonds is 9. The number of thiocarbonyl (C=S) groups is 1. The first-order valence-corrected chi connectivity index (χ1v) is 13.0. The van der Waals surface area contributed by atoms with Crippen LogP contribution >= 0.6 is 24.0 Å². The highest BCUT2D eigenvalue weighted by Crippen LogP contribution is 2.35. The molecule has 0 bridgehead atoms. The highest BCUT2D eigenvalue weighted by Gasteiger charge is 2.31. The van der Waals surface area contributed by atoms with Crippen molar-refractivity contribution in [3.05, 3.63) is 87.8 Å². The molecule has 1 heterocycles. The molecule has 7 nitrogen and oxygen atoms in total. The number of amides is 1. The molecule has 1 aliphatic heterocycles. The van der Waals surface area contributed by atoms with Crippen molar-refractivity contribution in [2.45, 2.75) is 13.3 Å². The quantitative estimate of drug-likeness (QED) is 0.146. The Bertz CT molecular complexity index is 1420. The molecule has 1 fully saturated rings. The number of benzene rings is 3. The van der Waals surface area contributed by atoms with Gasteiger partial charge < -0.3 is 18.9 Å². The third-order valence-corrected chi connectivity index (χ3v) is 7.38. The number of hydrogen-bond acceptors (Lipinski definition) is 8. The Hall–Kier alpha value is -3.82. The van der Waals surface area contributed by atoms with Gasteiger partial charge in [-0.1, -0.05) is 54.3 Å². The summed E-state index contributed by atoms with van der Waals surface area (Å²) in [6, 6.07) is 18.0. The number of nitrogens with zero attached hydrogens (tertiary/aromatic N) is 1. The molecule has 3 aromatic carbocycles. The Morgan fingerprint density at radius 2 is 1.61 bits per heavy atom. The Balaban J connectivity index is 1.46. The van der Waals surface area contributed by atoms with Gasteiger partial charge in [-0.05, 0) is 66.4 Å². The van der Waals surface area contributed by atoms with E-state index >= 15 is 0 Å². The van der Waals surface area contributed by atoms with Gasteiger partial charge in [0.25, 0.3) is 5.91 Å². The van der Waals surface area contributed by atoms with Gasteiger partial charge in [-0.15, -0.1) is 0 Å². The molecule has 1 saturated heterocycles. The summed E-state index contributed by atoms with van der Waals surface area (Å²) in [5.41, 5.74) is 3.02. The first-order valence-electron chi connectivity index (χ1n) is 11.8. The molecular weight excluding hydrogens is 522 g/mol. The van der Waals surface area contributed by atoms with E-state index in [0.717, 1.165) is 16.7 Å². The molecule has 0 spiro atoms. The Morgan fingerprint density at radius 3 is 2.32 bits per heavy atom. The molecule has 0 aliphatic carbocycles. The van der Waals surface area contributed by atoms with Gasteiger partial charge in [0.15, 0.2) is 23.0 Å². The van der Waals surface area contributed by atoms with E-state index in [1.165, 1.54) is 18.9 Å². The fourth-order valence-corrected chi connectivity index (χ4v) is 5.24. The van der Waals surface area contributed by atoms with Crippen LogP contribution in [0.25, 0.3) is 6.08 Å². The molecule has 0 N–H and O–H groups in total. The van der Waals surface area contributed by atoms with Crippen LogP contribution < -0.4 is 18.9 Å². The normalized spacial score (nSPS) is 14.1. The number of carbonyl (C=O) groups is 2. The predicted octanol–water partition coefficient (Wildman–Crippen LogP) is 5.68. The molecule has 38 heavy (non-hydrogen) atoms. The van der Waals surface area contributed by atoms with Gasteiger partial charge in [-0.2, -0.15) is 0 Å². The Morgan fingerprint density at radius 1 is 0.921 bits per heavy atom. The first-order chi connectivity index (χ1) is 18.3. The fourth-order valence-electron chi connectivity index (χ4n) is 3.94. The van der Waals surface area contributed by atoms with Crippen molar-refractivity contribution in [3.63, 3.8) is 0 Å². The second kappa shape index (κ2) is 12.1. The number of esters is 1. The van der Waals surface area contributed by atoms with Crippen LogP contribution in [-0.4, -0.2) is 49.0 Å². The van der Waals surface area contributed by atoms with Crippen molar-refractivity contribution in [1.29, 1.82) is 0 Å². The van der Waals surface area contributed by atoms with E-state index < -0.39 is 5.97 Å². The molecule has 0 atom stereocenters. The minimum absolute atomic E-state index is 0.158. The topological polar surface area (TPSA) is 74.3 Å². The third kappa shape index (κ3) is 6.00.